The van der Waals surface area contributed by atoms with E-state index in [1.807, 2.05) is 0 Å². The van der Waals surface area contributed by atoms with Crippen LogP contribution in [0.2, 0.25) is 0 Å². The van der Waals surface area contributed by atoms with E-state index in [1.165, 1.54) is 35.2 Å². The highest BCUT2D eigenvalue weighted by Crippen LogP contribution is 2.22. The van der Waals surface area contributed by atoms with E-state index >= 15 is 0 Å². The van der Waals surface area contributed by atoms with Crippen molar-refractivity contribution in [2.45, 2.75) is 43.0 Å². The molecule has 2 aromatic carbocycles. The topological polar surface area (TPSA) is 110 Å². The maximum absolute atomic E-state index is 12.6. The quantitative estimate of drug-likeness (QED) is 0.397. The number of carbonyl (C=O) groups is 1. The van der Waals surface area contributed by atoms with Crippen molar-refractivity contribution in [2.75, 3.05) is 11.9 Å². The number of hydrogen-bond donors (Lipinski definition) is 1. The van der Waals surface area contributed by atoms with Crippen molar-refractivity contribution in [3.63, 3.8) is 0 Å². The van der Waals surface area contributed by atoms with Gasteiger partial charge in [0.05, 0.1) is 9.82 Å². The van der Waals surface area contributed by atoms with Gasteiger partial charge in [0.2, 0.25) is 10.0 Å². The highest BCUT2D eigenvalue weighted by Gasteiger charge is 2.22. The third kappa shape index (κ3) is 5.99. The molecule has 0 unspecified atom stereocenters. The Morgan fingerprint density at radius 3 is 2.26 bits per heavy atom. The van der Waals surface area contributed by atoms with Gasteiger partial charge in [0, 0.05) is 37.0 Å². The number of rotatable bonds is 7. The van der Waals surface area contributed by atoms with Gasteiger partial charge in [-0.1, -0.05) is 19.3 Å². The van der Waals surface area contributed by atoms with E-state index in [0.29, 0.717) is 11.3 Å². The Morgan fingerprint density at radius 1 is 1.06 bits per heavy atom. The molecule has 0 bridgehead atoms. The van der Waals surface area contributed by atoms with Crippen molar-refractivity contribution >= 4 is 33.4 Å². The van der Waals surface area contributed by atoms with E-state index < -0.39 is 14.9 Å². The number of anilines is 1. The summed E-state index contributed by atoms with van der Waals surface area (Å²) in [5.74, 6) is -0.311. The molecule has 0 spiro atoms. The highest BCUT2D eigenvalue weighted by molar-refractivity contribution is 7.89. The van der Waals surface area contributed by atoms with Crippen LogP contribution in [0.25, 0.3) is 6.08 Å². The van der Waals surface area contributed by atoms with Gasteiger partial charge in [-0.3, -0.25) is 14.9 Å². The Bertz CT molecular complexity index is 1060. The van der Waals surface area contributed by atoms with Crippen LogP contribution in [-0.2, 0) is 14.8 Å². The van der Waals surface area contributed by atoms with Gasteiger partial charge in [-0.2, -0.15) is 0 Å². The fourth-order valence-corrected chi connectivity index (χ4v) is 4.78. The standard InChI is InChI=1S/C22H25N3O5S/c1-24(22(26)16-9-17-7-10-20(11-8-17)25(27)28)19-12-14-21(15-13-19)31(29,30)23-18-5-3-2-4-6-18/h7-16,18,23H,2-6H2,1H3. The summed E-state index contributed by atoms with van der Waals surface area (Å²) in [7, 11) is -2.00. The summed E-state index contributed by atoms with van der Waals surface area (Å²) < 4.78 is 28.0. The Balaban J connectivity index is 1.64. The monoisotopic (exact) mass is 443 g/mol. The first-order valence-electron chi connectivity index (χ1n) is 10.1. The van der Waals surface area contributed by atoms with Gasteiger partial charge in [-0.25, -0.2) is 13.1 Å². The zero-order chi connectivity index (χ0) is 22.4. The number of nitro groups is 1. The molecule has 31 heavy (non-hydrogen) atoms. The molecule has 0 aliphatic heterocycles. The average Bonchev–Trinajstić information content (AvgIpc) is 2.77. The molecular weight excluding hydrogens is 418 g/mol. The lowest BCUT2D eigenvalue weighted by Gasteiger charge is -2.22. The summed E-state index contributed by atoms with van der Waals surface area (Å²) in [6.45, 7) is 0. The van der Waals surface area contributed by atoms with Gasteiger partial charge in [0.15, 0.2) is 0 Å². The van der Waals surface area contributed by atoms with Crippen LogP contribution in [0, 0.1) is 10.1 Å². The molecule has 1 saturated carbocycles. The van der Waals surface area contributed by atoms with Crippen molar-refractivity contribution in [2.24, 2.45) is 0 Å². The molecule has 1 aliphatic carbocycles. The van der Waals surface area contributed by atoms with Crippen molar-refractivity contribution in [3.8, 4) is 0 Å². The van der Waals surface area contributed by atoms with Crippen LogP contribution >= 0.6 is 0 Å². The second-order valence-corrected chi connectivity index (χ2v) is 9.24. The summed E-state index contributed by atoms with van der Waals surface area (Å²) in [5, 5.41) is 10.7. The SMILES string of the molecule is CN(C(=O)C=Cc1ccc([N+](=O)[O-])cc1)c1ccc(S(=O)(=O)NC2CCCCC2)cc1. The lowest BCUT2D eigenvalue weighted by molar-refractivity contribution is -0.384. The summed E-state index contributed by atoms with van der Waals surface area (Å²) >= 11 is 0. The lowest BCUT2D eigenvalue weighted by Crippen LogP contribution is -2.36. The first-order chi connectivity index (χ1) is 14.8. The van der Waals surface area contributed by atoms with Gasteiger partial charge >= 0.3 is 0 Å². The summed E-state index contributed by atoms with van der Waals surface area (Å²) in [6, 6.07) is 12.0. The Hall–Kier alpha value is -3.04. The second kappa shape index (κ2) is 9.84. The number of non-ortho nitro benzene ring substituents is 1. The minimum atomic E-state index is -3.59. The number of benzene rings is 2. The number of nitrogens with one attached hydrogen (secondary N) is 1. The molecule has 0 saturated heterocycles. The van der Waals surface area contributed by atoms with Gasteiger partial charge < -0.3 is 4.90 Å². The third-order valence-electron chi connectivity index (χ3n) is 5.31. The third-order valence-corrected chi connectivity index (χ3v) is 6.85. The van der Waals surface area contributed by atoms with Crippen molar-refractivity contribution in [1.29, 1.82) is 0 Å². The Morgan fingerprint density at radius 2 is 1.68 bits per heavy atom. The predicted molar refractivity (Wildman–Crippen MR) is 119 cm³/mol. The Kier molecular flexibility index (Phi) is 7.19. The highest BCUT2D eigenvalue weighted by atomic mass is 32.2. The molecule has 8 nitrogen and oxygen atoms in total. The fraction of sp³-hybridized carbons (Fsp3) is 0.318. The minimum absolute atomic E-state index is 0.0198. The number of carbonyl (C=O) groups excluding carboxylic acids is 1. The van der Waals surface area contributed by atoms with Crippen LogP contribution in [0.5, 0.6) is 0 Å². The molecule has 1 fully saturated rings. The molecule has 0 radical (unpaired) electrons. The molecule has 164 valence electrons. The molecule has 1 amide bonds. The lowest BCUT2D eigenvalue weighted by atomic mass is 9.96. The number of nitro benzene ring substituents is 1. The van der Waals surface area contributed by atoms with Crippen LogP contribution in [0.3, 0.4) is 0 Å². The van der Waals surface area contributed by atoms with Crippen LogP contribution < -0.4 is 9.62 Å². The van der Waals surface area contributed by atoms with E-state index in [2.05, 4.69) is 4.72 Å². The molecule has 3 rings (SSSR count). The van der Waals surface area contributed by atoms with E-state index in [9.17, 15) is 23.3 Å². The molecule has 2 aromatic rings. The van der Waals surface area contributed by atoms with Crippen LogP contribution in [0.4, 0.5) is 11.4 Å². The zero-order valence-electron chi connectivity index (χ0n) is 17.2. The first-order valence-corrected chi connectivity index (χ1v) is 11.6. The van der Waals surface area contributed by atoms with Gasteiger partial charge in [-0.15, -0.1) is 0 Å². The van der Waals surface area contributed by atoms with Gasteiger partial charge in [0.25, 0.3) is 11.6 Å². The number of nitrogens with zero attached hydrogens (tertiary/aromatic N) is 2. The average molecular weight is 444 g/mol. The molecule has 0 aromatic heterocycles. The fourth-order valence-electron chi connectivity index (χ4n) is 3.47. The molecule has 0 atom stereocenters. The van der Waals surface area contributed by atoms with Gasteiger partial charge in [-0.05, 0) is 60.9 Å². The van der Waals surface area contributed by atoms with Crippen molar-refractivity contribution in [1.82, 2.24) is 4.72 Å². The zero-order valence-corrected chi connectivity index (χ0v) is 18.0. The van der Waals surface area contributed by atoms with E-state index in [-0.39, 0.29) is 22.5 Å². The number of amides is 1. The smallest absolute Gasteiger partial charge is 0.269 e. The number of likely N-dealkylation sites (N-methyl/N-ethyl adjacent to an activating group) is 1. The molecular formula is C22H25N3O5S. The summed E-state index contributed by atoms with van der Waals surface area (Å²) in [4.78, 5) is 24.2. The van der Waals surface area contributed by atoms with Crippen molar-refractivity contribution < 1.29 is 18.1 Å². The predicted octanol–water partition coefficient (Wildman–Crippen LogP) is 3.88. The molecule has 1 N–H and O–H groups in total. The molecule has 9 heteroatoms. The largest absolute Gasteiger partial charge is 0.312 e. The maximum atomic E-state index is 12.6. The summed E-state index contributed by atoms with van der Waals surface area (Å²) in [5.41, 5.74) is 1.19. The maximum Gasteiger partial charge on any atom is 0.269 e. The normalized spacial score (nSPS) is 15.1. The van der Waals surface area contributed by atoms with Crippen molar-refractivity contribution in [3.05, 3.63) is 70.3 Å². The second-order valence-electron chi connectivity index (χ2n) is 7.53. The molecule has 0 heterocycles. The minimum Gasteiger partial charge on any atom is -0.312 e. The number of hydrogen-bond acceptors (Lipinski definition) is 5. The van der Waals surface area contributed by atoms with Crippen LogP contribution in [0.15, 0.2) is 59.5 Å². The summed E-state index contributed by atoms with van der Waals surface area (Å²) in [6.07, 6.45) is 7.85. The number of sulfonamides is 1. The Labute approximate surface area is 181 Å². The first kappa shape index (κ1) is 22.6. The van der Waals surface area contributed by atoms with E-state index in [4.69, 9.17) is 0 Å². The molecule has 1 aliphatic rings. The van der Waals surface area contributed by atoms with E-state index in [1.54, 1.807) is 37.4 Å². The van der Waals surface area contributed by atoms with Crippen LogP contribution in [0.1, 0.15) is 37.7 Å². The van der Waals surface area contributed by atoms with Crippen LogP contribution in [-0.4, -0.2) is 32.3 Å². The van der Waals surface area contributed by atoms with Gasteiger partial charge in [0.1, 0.15) is 0 Å². The van der Waals surface area contributed by atoms with E-state index in [0.717, 1.165) is 32.1 Å².